The van der Waals surface area contributed by atoms with Crippen LogP contribution in [0.4, 0.5) is 0 Å². The molecule has 0 aliphatic rings. The minimum Gasteiger partial charge on any atom is -0.480 e. The zero-order valence-electron chi connectivity index (χ0n) is 13.3. The topological polar surface area (TPSA) is 64.3 Å². The maximum absolute atomic E-state index is 11.1. The molecule has 0 saturated heterocycles. The first-order chi connectivity index (χ1) is 9.10. The van der Waals surface area contributed by atoms with Crippen LogP contribution >= 0.6 is 0 Å². The van der Waals surface area contributed by atoms with Gasteiger partial charge in [0.2, 0.25) is 0 Å². The van der Waals surface area contributed by atoms with E-state index in [4.69, 9.17) is 10.5 Å². The monoisotopic (exact) mass is 278 g/mol. The molecule has 0 saturated carbocycles. The second-order valence-electron chi connectivity index (χ2n) is 6.32. The Hall–Kier alpha value is -1.55. The third-order valence-corrected chi connectivity index (χ3v) is 3.04. The third-order valence-electron chi connectivity index (χ3n) is 3.04. The molecule has 112 valence electrons. The Kier molecular flexibility index (Phi) is 5.17. The van der Waals surface area contributed by atoms with Gasteiger partial charge in [0.05, 0.1) is 0 Å². The Morgan fingerprint density at radius 2 is 1.80 bits per heavy atom. The van der Waals surface area contributed by atoms with Crippen molar-refractivity contribution in [2.45, 2.75) is 59.7 Å². The van der Waals surface area contributed by atoms with Crippen LogP contribution in [0.1, 0.15) is 44.4 Å². The number of hydrogen-bond donors (Lipinski definition) is 2. The molecule has 1 rings (SSSR count). The highest BCUT2D eigenvalue weighted by atomic mass is 16.5. The number of primary amides is 1. The SMILES string of the molecule is Cc1cc(CNC(C)(C)C)cc(C)c1OC(C)C(N)=O. The fourth-order valence-electron chi connectivity index (χ4n) is 1.93. The van der Waals surface area contributed by atoms with E-state index in [2.05, 4.69) is 38.2 Å². The quantitative estimate of drug-likeness (QED) is 0.869. The first kappa shape index (κ1) is 16.5. The Balaban J connectivity index is 2.89. The van der Waals surface area contributed by atoms with Crippen LogP contribution in [0.15, 0.2) is 12.1 Å². The molecule has 0 aromatic heterocycles. The van der Waals surface area contributed by atoms with Crippen LogP contribution in [0.25, 0.3) is 0 Å². The zero-order chi connectivity index (χ0) is 15.5. The molecule has 0 fully saturated rings. The molecule has 1 aromatic carbocycles. The van der Waals surface area contributed by atoms with Crippen molar-refractivity contribution in [3.63, 3.8) is 0 Å². The average Bonchev–Trinajstić information content (AvgIpc) is 2.29. The molecule has 0 radical (unpaired) electrons. The highest BCUT2D eigenvalue weighted by molar-refractivity contribution is 5.78. The molecule has 1 atom stereocenters. The van der Waals surface area contributed by atoms with Gasteiger partial charge < -0.3 is 15.8 Å². The van der Waals surface area contributed by atoms with Crippen molar-refractivity contribution in [2.75, 3.05) is 0 Å². The normalized spacial score (nSPS) is 13.1. The van der Waals surface area contributed by atoms with E-state index >= 15 is 0 Å². The fourth-order valence-corrected chi connectivity index (χ4v) is 1.93. The molecule has 4 heteroatoms. The molecule has 3 N–H and O–H groups in total. The van der Waals surface area contributed by atoms with Gasteiger partial charge in [-0.1, -0.05) is 12.1 Å². The van der Waals surface area contributed by atoms with Crippen molar-refractivity contribution in [3.8, 4) is 5.75 Å². The number of hydrogen-bond acceptors (Lipinski definition) is 3. The van der Waals surface area contributed by atoms with E-state index in [1.54, 1.807) is 6.92 Å². The van der Waals surface area contributed by atoms with E-state index in [9.17, 15) is 4.79 Å². The van der Waals surface area contributed by atoms with E-state index in [1.165, 1.54) is 5.56 Å². The summed E-state index contributed by atoms with van der Waals surface area (Å²) in [6.07, 6.45) is -0.619. The predicted molar refractivity (Wildman–Crippen MR) is 81.8 cm³/mol. The van der Waals surface area contributed by atoms with Gasteiger partial charge in [0, 0.05) is 12.1 Å². The molecule has 20 heavy (non-hydrogen) atoms. The number of ether oxygens (including phenoxy) is 1. The van der Waals surface area contributed by atoms with Gasteiger partial charge in [-0.05, 0) is 58.2 Å². The minimum atomic E-state index is -0.619. The Labute approximate surface area is 121 Å². The Morgan fingerprint density at radius 1 is 1.30 bits per heavy atom. The molecule has 0 aliphatic heterocycles. The number of nitrogens with one attached hydrogen (secondary N) is 1. The third kappa shape index (κ3) is 4.85. The van der Waals surface area contributed by atoms with Crippen molar-refractivity contribution in [2.24, 2.45) is 5.73 Å². The smallest absolute Gasteiger partial charge is 0.258 e. The summed E-state index contributed by atoms with van der Waals surface area (Å²) in [7, 11) is 0. The number of benzene rings is 1. The first-order valence-electron chi connectivity index (χ1n) is 6.91. The maximum Gasteiger partial charge on any atom is 0.258 e. The first-order valence-corrected chi connectivity index (χ1v) is 6.91. The zero-order valence-corrected chi connectivity index (χ0v) is 13.3. The molecular formula is C16H26N2O2. The summed E-state index contributed by atoms with van der Waals surface area (Å²) in [5.74, 6) is 0.290. The van der Waals surface area contributed by atoms with Crippen LogP contribution in [0, 0.1) is 13.8 Å². The molecule has 0 bridgehead atoms. The second kappa shape index (κ2) is 6.27. The average molecular weight is 278 g/mol. The lowest BCUT2D eigenvalue weighted by Gasteiger charge is -2.22. The molecule has 1 amide bonds. The molecule has 0 aliphatic carbocycles. The number of aryl methyl sites for hydroxylation is 2. The number of amides is 1. The van der Waals surface area contributed by atoms with Gasteiger partial charge >= 0.3 is 0 Å². The molecular weight excluding hydrogens is 252 g/mol. The van der Waals surface area contributed by atoms with Crippen LogP contribution < -0.4 is 15.8 Å². The Bertz CT molecular complexity index is 467. The highest BCUT2D eigenvalue weighted by Crippen LogP contribution is 2.26. The predicted octanol–water partition coefficient (Wildman–Crippen LogP) is 2.44. The number of carbonyl (C=O) groups excluding carboxylic acids is 1. The molecule has 0 spiro atoms. The number of carbonyl (C=O) groups is 1. The maximum atomic E-state index is 11.1. The summed E-state index contributed by atoms with van der Waals surface area (Å²) in [6, 6.07) is 4.16. The lowest BCUT2D eigenvalue weighted by molar-refractivity contribution is -0.124. The summed E-state index contributed by atoms with van der Waals surface area (Å²) >= 11 is 0. The van der Waals surface area contributed by atoms with E-state index in [1.807, 2.05) is 13.8 Å². The lowest BCUT2D eigenvalue weighted by atomic mass is 10.0. The van der Waals surface area contributed by atoms with E-state index in [0.29, 0.717) is 0 Å². The standard InChI is InChI=1S/C16H26N2O2/c1-10-7-13(9-18-16(4,5)6)8-11(2)14(10)20-12(3)15(17)19/h7-8,12,18H,9H2,1-6H3,(H2,17,19). The Morgan fingerprint density at radius 3 is 2.20 bits per heavy atom. The summed E-state index contributed by atoms with van der Waals surface area (Å²) in [4.78, 5) is 11.1. The van der Waals surface area contributed by atoms with E-state index in [0.717, 1.165) is 23.4 Å². The molecule has 0 heterocycles. The summed E-state index contributed by atoms with van der Waals surface area (Å²) < 4.78 is 5.64. The largest absolute Gasteiger partial charge is 0.480 e. The van der Waals surface area contributed by atoms with Gasteiger partial charge in [-0.3, -0.25) is 4.79 Å². The second-order valence-corrected chi connectivity index (χ2v) is 6.32. The van der Waals surface area contributed by atoms with Crippen LogP contribution in [0.5, 0.6) is 5.75 Å². The van der Waals surface area contributed by atoms with Crippen LogP contribution in [0.3, 0.4) is 0 Å². The van der Waals surface area contributed by atoms with Crippen molar-refractivity contribution >= 4 is 5.91 Å². The van der Waals surface area contributed by atoms with Crippen LogP contribution in [-0.4, -0.2) is 17.6 Å². The summed E-state index contributed by atoms with van der Waals surface area (Å²) in [5.41, 5.74) is 8.55. The van der Waals surface area contributed by atoms with E-state index < -0.39 is 12.0 Å². The van der Waals surface area contributed by atoms with E-state index in [-0.39, 0.29) is 5.54 Å². The summed E-state index contributed by atoms with van der Waals surface area (Å²) in [6.45, 7) is 12.8. The number of rotatable bonds is 5. The van der Waals surface area contributed by atoms with Gasteiger partial charge in [0.15, 0.2) is 6.10 Å². The van der Waals surface area contributed by atoms with Crippen molar-refractivity contribution < 1.29 is 9.53 Å². The van der Waals surface area contributed by atoms with Crippen LogP contribution in [-0.2, 0) is 11.3 Å². The van der Waals surface area contributed by atoms with Crippen LogP contribution in [0.2, 0.25) is 0 Å². The van der Waals surface area contributed by atoms with Gasteiger partial charge in [-0.2, -0.15) is 0 Å². The summed E-state index contributed by atoms with van der Waals surface area (Å²) in [5, 5.41) is 3.46. The molecule has 4 nitrogen and oxygen atoms in total. The van der Waals surface area contributed by atoms with Crippen molar-refractivity contribution in [1.29, 1.82) is 0 Å². The van der Waals surface area contributed by atoms with Gasteiger partial charge in [0.25, 0.3) is 5.91 Å². The van der Waals surface area contributed by atoms with Gasteiger partial charge in [0.1, 0.15) is 5.75 Å². The lowest BCUT2D eigenvalue weighted by Crippen LogP contribution is -2.35. The highest BCUT2D eigenvalue weighted by Gasteiger charge is 2.15. The van der Waals surface area contributed by atoms with Gasteiger partial charge in [-0.25, -0.2) is 0 Å². The minimum absolute atomic E-state index is 0.0808. The van der Waals surface area contributed by atoms with Crippen molar-refractivity contribution in [1.82, 2.24) is 5.32 Å². The van der Waals surface area contributed by atoms with Gasteiger partial charge in [-0.15, -0.1) is 0 Å². The molecule has 1 unspecified atom stereocenters. The van der Waals surface area contributed by atoms with Crippen molar-refractivity contribution in [3.05, 3.63) is 28.8 Å². The fraction of sp³-hybridized carbons (Fsp3) is 0.562. The molecule has 1 aromatic rings. The number of nitrogens with two attached hydrogens (primary N) is 1.